The van der Waals surface area contributed by atoms with Gasteiger partial charge in [0.05, 0.1) is 12.0 Å². The fraction of sp³-hybridized carbons (Fsp3) is 0.259. The number of nitrogens with zero attached hydrogens (tertiary/aromatic N) is 2. The van der Waals surface area contributed by atoms with Gasteiger partial charge in [-0.3, -0.25) is 9.59 Å². The van der Waals surface area contributed by atoms with Gasteiger partial charge >= 0.3 is 0 Å². The number of fused-ring (bicyclic) bond motifs is 1. The van der Waals surface area contributed by atoms with Gasteiger partial charge in [-0.15, -0.1) is 11.3 Å². The van der Waals surface area contributed by atoms with Crippen LogP contribution in [-0.2, 0) is 11.2 Å². The zero-order valence-electron chi connectivity index (χ0n) is 19.6. The van der Waals surface area contributed by atoms with Crippen LogP contribution in [0, 0.1) is 0 Å². The van der Waals surface area contributed by atoms with Crippen molar-refractivity contribution < 1.29 is 14.3 Å². The molecular weight excluding hydrogens is 460 g/mol. The SMILES string of the molecule is COc1ccc(N2CCN(C(=O)C(Cc3c[nH]c4ccccc34)NC(=O)c3cccs3)CC2)cc1. The lowest BCUT2D eigenvalue weighted by Gasteiger charge is -2.37. The molecule has 8 heteroatoms. The molecular formula is C27H28N4O3S. The monoisotopic (exact) mass is 488 g/mol. The van der Waals surface area contributed by atoms with Crippen molar-refractivity contribution in [3.8, 4) is 5.75 Å². The first-order chi connectivity index (χ1) is 17.1. The van der Waals surface area contributed by atoms with E-state index < -0.39 is 6.04 Å². The molecule has 2 N–H and O–H groups in total. The third kappa shape index (κ3) is 5.02. The Hall–Kier alpha value is -3.78. The van der Waals surface area contributed by atoms with Gasteiger partial charge in [0.15, 0.2) is 0 Å². The van der Waals surface area contributed by atoms with Gasteiger partial charge in [0, 0.05) is 55.4 Å². The van der Waals surface area contributed by atoms with E-state index in [0.29, 0.717) is 24.4 Å². The Bertz CT molecular complexity index is 1290. The fourth-order valence-electron chi connectivity index (χ4n) is 4.56. The number of anilines is 1. The number of benzene rings is 2. The van der Waals surface area contributed by atoms with Crippen LogP contribution >= 0.6 is 11.3 Å². The number of hydrogen-bond donors (Lipinski definition) is 2. The Labute approximate surface area is 208 Å². The molecule has 1 aliphatic rings. The van der Waals surface area contributed by atoms with Gasteiger partial charge in [0.1, 0.15) is 11.8 Å². The minimum Gasteiger partial charge on any atom is -0.497 e. The summed E-state index contributed by atoms with van der Waals surface area (Å²) in [5.41, 5.74) is 3.15. The largest absolute Gasteiger partial charge is 0.497 e. The van der Waals surface area contributed by atoms with E-state index in [0.717, 1.165) is 41.0 Å². The van der Waals surface area contributed by atoms with E-state index in [9.17, 15) is 9.59 Å². The molecule has 0 saturated carbocycles. The zero-order valence-corrected chi connectivity index (χ0v) is 20.4. The van der Waals surface area contributed by atoms with E-state index in [1.54, 1.807) is 13.2 Å². The molecule has 2 amide bonds. The van der Waals surface area contributed by atoms with Gasteiger partial charge in [-0.05, 0) is 47.3 Å². The first-order valence-corrected chi connectivity index (χ1v) is 12.6. The van der Waals surface area contributed by atoms with Crippen LogP contribution in [0.25, 0.3) is 10.9 Å². The third-order valence-electron chi connectivity index (χ3n) is 6.48. The molecule has 7 nitrogen and oxygen atoms in total. The van der Waals surface area contributed by atoms with E-state index in [1.165, 1.54) is 11.3 Å². The minimum absolute atomic E-state index is 0.0467. The number of ether oxygens (including phenoxy) is 1. The Balaban J connectivity index is 1.31. The smallest absolute Gasteiger partial charge is 0.262 e. The highest BCUT2D eigenvalue weighted by atomic mass is 32.1. The average Bonchev–Trinajstić information content (AvgIpc) is 3.59. The van der Waals surface area contributed by atoms with Crippen LogP contribution in [0.5, 0.6) is 5.75 Å². The summed E-state index contributed by atoms with van der Waals surface area (Å²) in [4.78, 5) is 34.6. The zero-order chi connectivity index (χ0) is 24.2. The maximum Gasteiger partial charge on any atom is 0.262 e. The summed E-state index contributed by atoms with van der Waals surface area (Å²) in [6.07, 6.45) is 2.36. The molecule has 1 aliphatic heterocycles. The summed E-state index contributed by atoms with van der Waals surface area (Å²) in [6.45, 7) is 2.67. The summed E-state index contributed by atoms with van der Waals surface area (Å²) >= 11 is 1.37. The highest BCUT2D eigenvalue weighted by Crippen LogP contribution is 2.23. The third-order valence-corrected chi connectivity index (χ3v) is 7.34. The van der Waals surface area contributed by atoms with Crippen molar-refractivity contribution in [2.75, 3.05) is 38.2 Å². The normalized spacial score (nSPS) is 14.7. The summed E-state index contributed by atoms with van der Waals surface area (Å²) in [5.74, 6) is 0.564. The van der Waals surface area contributed by atoms with Crippen molar-refractivity contribution in [2.24, 2.45) is 0 Å². The molecule has 35 heavy (non-hydrogen) atoms. The second-order valence-electron chi connectivity index (χ2n) is 8.58. The molecule has 1 saturated heterocycles. The molecule has 1 fully saturated rings. The van der Waals surface area contributed by atoms with E-state index in [-0.39, 0.29) is 11.8 Å². The molecule has 3 heterocycles. The molecule has 0 aliphatic carbocycles. The van der Waals surface area contributed by atoms with Crippen molar-refractivity contribution in [1.82, 2.24) is 15.2 Å². The highest BCUT2D eigenvalue weighted by molar-refractivity contribution is 7.12. The average molecular weight is 489 g/mol. The van der Waals surface area contributed by atoms with Gasteiger partial charge in [-0.2, -0.15) is 0 Å². The molecule has 2 aromatic carbocycles. The Morgan fingerprint density at radius 2 is 1.80 bits per heavy atom. The number of piperazine rings is 1. The Kier molecular flexibility index (Phi) is 6.72. The molecule has 0 radical (unpaired) electrons. The predicted octanol–water partition coefficient (Wildman–Crippen LogP) is 3.93. The first-order valence-electron chi connectivity index (χ1n) is 11.7. The quantitative estimate of drug-likeness (QED) is 0.413. The van der Waals surface area contributed by atoms with Crippen molar-refractivity contribution in [2.45, 2.75) is 12.5 Å². The summed E-state index contributed by atoms with van der Waals surface area (Å²) in [7, 11) is 1.66. The number of amides is 2. The van der Waals surface area contributed by atoms with E-state index >= 15 is 0 Å². The van der Waals surface area contributed by atoms with E-state index in [4.69, 9.17) is 4.74 Å². The molecule has 0 spiro atoms. The predicted molar refractivity (Wildman–Crippen MR) is 139 cm³/mol. The number of hydrogen-bond acceptors (Lipinski definition) is 5. The lowest BCUT2D eigenvalue weighted by Crippen LogP contribution is -2.55. The van der Waals surface area contributed by atoms with Crippen LogP contribution in [0.2, 0.25) is 0 Å². The van der Waals surface area contributed by atoms with Crippen LogP contribution in [0.1, 0.15) is 15.2 Å². The van der Waals surface area contributed by atoms with Gasteiger partial charge in [0.25, 0.3) is 5.91 Å². The number of rotatable bonds is 7. The van der Waals surface area contributed by atoms with Crippen molar-refractivity contribution >= 4 is 39.7 Å². The first kappa shape index (κ1) is 23.0. The molecule has 4 aromatic rings. The standard InChI is InChI=1S/C27H28N4O3S/c1-34-21-10-8-20(9-11-21)30-12-14-31(15-13-30)27(33)24(29-26(32)25-7-4-16-35-25)17-19-18-28-23-6-3-2-5-22(19)23/h2-11,16,18,24,28H,12-15,17H2,1H3,(H,29,32). The van der Waals surface area contributed by atoms with Crippen LogP contribution in [-0.4, -0.2) is 61.0 Å². The highest BCUT2D eigenvalue weighted by Gasteiger charge is 2.30. The van der Waals surface area contributed by atoms with E-state index in [2.05, 4.69) is 15.2 Å². The molecule has 1 unspecified atom stereocenters. The van der Waals surface area contributed by atoms with E-state index in [1.807, 2.05) is 71.1 Å². The molecule has 2 aromatic heterocycles. The maximum absolute atomic E-state index is 13.7. The van der Waals surface area contributed by atoms with Crippen LogP contribution < -0.4 is 15.0 Å². The van der Waals surface area contributed by atoms with Gasteiger partial charge in [-0.25, -0.2) is 0 Å². The number of aromatic nitrogens is 1. The van der Waals surface area contributed by atoms with Crippen molar-refractivity contribution in [1.29, 1.82) is 0 Å². The van der Waals surface area contributed by atoms with Crippen LogP contribution in [0.15, 0.2) is 72.2 Å². The topological polar surface area (TPSA) is 77.7 Å². The number of thiophene rings is 1. The number of carbonyl (C=O) groups excluding carboxylic acids is 2. The van der Waals surface area contributed by atoms with Gasteiger partial charge in [-0.1, -0.05) is 24.3 Å². The number of H-pyrrole nitrogens is 1. The second-order valence-corrected chi connectivity index (χ2v) is 9.53. The molecule has 1 atom stereocenters. The minimum atomic E-state index is -0.642. The summed E-state index contributed by atoms with van der Waals surface area (Å²) in [5, 5.41) is 5.95. The Morgan fingerprint density at radius 1 is 1.03 bits per heavy atom. The fourth-order valence-corrected chi connectivity index (χ4v) is 5.18. The molecule has 180 valence electrons. The second kappa shape index (κ2) is 10.2. The number of nitrogens with one attached hydrogen (secondary N) is 2. The molecule has 5 rings (SSSR count). The van der Waals surface area contributed by atoms with Gasteiger partial charge < -0.3 is 24.8 Å². The van der Waals surface area contributed by atoms with Crippen LogP contribution in [0.4, 0.5) is 5.69 Å². The lowest BCUT2D eigenvalue weighted by atomic mass is 10.0. The number of aromatic amines is 1. The maximum atomic E-state index is 13.7. The number of para-hydroxylation sites is 1. The number of carbonyl (C=O) groups is 2. The van der Waals surface area contributed by atoms with Crippen LogP contribution in [0.3, 0.4) is 0 Å². The molecule has 0 bridgehead atoms. The summed E-state index contributed by atoms with van der Waals surface area (Å²) in [6, 6.07) is 19.0. The van der Waals surface area contributed by atoms with Crippen molar-refractivity contribution in [3.63, 3.8) is 0 Å². The van der Waals surface area contributed by atoms with Gasteiger partial charge in [0.2, 0.25) is 5.91 Å². The Morgan fingerprint density at radius 3 is 2.51 bits per heavy atom. The lowest BCUT2D eigenvalue weighted by molar-refractivity contribution is -0.133. The number of methoxy groups -OCH3 is 1. The van der Waals surface area contributed by atoms with Crippen molar-refractivity contribution in [3.05, 3.63) is 82.7 Å². The summed E-state index contributed by atoms with van der Waals surface area (Å²) < 4.78 is 5.25.